The molecule has 0 saturated heterocycles. The molecule has 0 atom stereocenters. The van der Waals surface area contributed by atoms with Crippen molar-refractivity contribution in [3.8, 4) is 11.4 Å². The van der Waals surface area contributed by atoms with Crippen LogP contribution >= 0.6 is 11.6 Å². The molecule has 4 rings (SSSR count). The first-order chi connectivity index (χ1) is 12.1. The van der Waals surface area contributed by atoms with Crippen molar-refractivity contribution in [2.24, 2.45) is 7.05 Å². The van der Waals surface area contributed by atoms with E-state index in [2.05, 4.69) is 20.3 Å². The van der Waals surface area contributed by atoms with Crippen molar-refractivity contribution < 1.29 is 4.39 Å². The lowest BCUT2D eigenvalue weighted by atomic mass is 10.2. The number of aryl methyl sites for hydroxylation is 1. The topological polar surface area (TPSA) is 55.6 Å². The first-order valence-corrected chi connectivity index (χ1v) is 7.95. The predicted molar refractivity (Wildman–Crippen MR) is 96.4 cm³/mol. The van der Waals surface area contributed by atoms with Crippen LogP contribution in [0.5, 0.6) is 0 Å². The third kappa shape index (κ3) is 2.92. The van der Waals surface area contributed by atoms with E-state index in [0.29, 0.717) is 17.3 Å². The van der Waals surface area contributed by atoms with Crippen LogP contribution in [0.15, 0.2) is 55.0 Å². The minimum atomic E-state index is -0.462. The first kappa shape index (κ1) is 15.5. The molecule has 0 aliphatic heterocycles. The fraction of sp³-hybridized carbons (Fsp3) is 0.0556. The van der Waals surface area contributed by atoms with Crippen molar-refractivity contribution >= 4 is 34.1 Å². The van der Waals surface area contributed by atoms with Crippen LogP contribution in [0.1, 0.15) is 0 Å². The molecule has 0 amide bonds. The Hall–Kier alpha value is -2.99. The van der Waals surface area contributed by atoms with Crippen molar-refractivity contribution in [3.63, 3.8) is 0 Å². The van der Waals surface area contributed by atoms with Crippen molar-refractivity contribution in [3.05, 3.63) is 65.8 Å². The largest absolute Gasteiger partial charge is 0.339 e. The fourth-order valence-electron chi connectivity index (χ4n) is 2.57. The zero-order chi connectivity index (χ0) is 17.4. The lowest BCUT2D eigenvalue weighted by Crippen LogP contribution is -2.00. The summed E-state index contributed by atoms with van der Waals surface area (Å²) in [5.74, 6) is 0.709. The van der Waals surface area contributed by atoms with Gasteiger partial charge in [-0.25, -0.2) is 14.4 Å². The van der Waals surface area contributed by atoms with Gasteiger partial charge in [0.05, 0.1) is 10.4 Å². The fourth-order valence-corrected chi connectivity index (χ4v) is 2.75. The molecule has 3 aromatic heterocycles. The third-order valence-electron chi connectivity index (χ3n) is 3.83. The molecular weight excluding hydrogens is 341 g/mol. The molecule has 25 heavy (non-hydrogen) atoms. The van der Waals surface area contributed by atoms with E-state index in [1.165, 1.54) is 12.1 Å². The highest BCUT2D eigenvalue weighted by atomic mass is 35.5. The number of rotatable bonds is 3. The average molecular weight is 354 g/mol. The van der Waals surface area contributed by atoms with Crippen LogP contribution in [0.25, 0.3) is 22.4 Å². The molecule has 1 N–H and O–H groups in total. The Morgan fingerprint density at radius 1 is 1.16 bits per heavy atom. The van der Waals surface area contributed by atoms with Crippen LogP contribution in [0.3, 0.4) is 0 Å². The average Bonchev–Trinajstić information content (AvgIpc) is 3.00. The molecule has 0 bridgehead atoms. The molecule has 4 aromatic rings. The number of halogens is 2. The summed E-state index contributed by atoms with van der Waals surface area (Å²) in [6.45, 7) is 0. The van der Waals surface area contributed by atoms with Gasteiger partial charge in [-0.1, -0.05) is 11.6 Å². The standard InChI is InChI=1S/C18H13ClFN5/c1-25-8-6-13-17(22-12-4-5-15(20)14(19)9-12)23-16(24-18(13)25)11-3-2-7-21-10-11/h2-10H,1H3,(H,22,23,24). The molecule has 0 spiro atoms. The lowest BCUT2D eigenvalue weighted by Gasteiger charge is -2.10. The molecular formula is C18H13ClFN5. The van der Waals surface area contributed by atoms with Gasteiger partial charge in [-0.15, -0.1) is 0 Å². The van der Waals surface area contributed by atoms with E-state index in [9.17, 15) is 4.39 Å². The van der Waals surface area contributed by atoms with E-state index in [0.717, 1.165) is 16.6 Å². The molecule has 0 unspecified atom stereocenters. The molecule has 5 nitrogen and oxygen atoms in total. The van der Waals surface area contributed by atoms with Gasteiger partial charge in [0.25, 0.3) is 0 Å². The number of pyridine rings is 1. The van der Waals surface area contributed by atoms with Gasteiger partial charge in [0.2, 0.25) is 0 Å². The minimum Gasteiger partial charge on any atom is -0.339 e. The first-order valence-electron chi connectivity index (χ1n) is 7.57. The molecule has 3 heterocycles. The van der Waals surface area contributed by atoms with Crippen LogP contribution in [-0.2, 0) is 7.05 Å². The van der Waals surface area contributed by atoms with Crippen LogP contribution in [0.2, 0.25) is 5.02 Å². The minimum absolute atomic E-state index is 0.0517. The summed E-state index contributed by atoms with van der Waals surface area (Å²) in [6.07, 6.45) is 5.32. The van der Waals surface area contributed by atoms with Gasteiger partial charge in [0.1, 0.15) is 17.3 Å². The molecule has 7 heteroatoms. The Morgan fingerprint density at radius 2 is 2.04 bits per heavy atom. The smallest absolute Gasteiger partial charge is 0.165 e. The monoisotopic (exact) mass is 353 g/mol. The summed E-state index contributed by atoms with van der Waals surface area (Å²) in [5, 5.41) is 4.11. The highest BCUT2D eigenvalue weighted by Crippen LogP contribution is 2.29. The van der Waals surface area contributed by atoms with Gasteiger partial charge < -0.3 is 9.88 Å². The molecule has 0 aliphatic carbocycles. The van der Waals surface area contributed by atoms with Gasteiger partial charge in [-0.2, -0.15) is 0 Å². The summed E-state index contributed by atoms with van der Waals surface area (Å²) >= 11 is 5.87. The van der Waals surface area contributed by atoms with Crippen molar-refractivity contribution in [2.45, 2.75) is 0 Å². The van der Waals surface area contributed by atoms with Crippen LogP contribution in [-0.4, -0.2) is 19.5 Å². The quantitative estimate of drug-likeness (QED) is 0.586. The van der Waals surface area contributed by atoms with Gasteiger partial charge in [0, 0.05) is 36.9 Å². The zero-order valence-corrected chi connectivity index (χ0v) is 14.0. The lowest BCUT2D eigenvalue weighted by molar-refractivity contribution is 0.628. The Bertz CT molecular complexity index is 1060. The zero-order valence-electron chi connectivity index (χ0n) is 13.2. The maximum absolute atomic E-state index is 13.4. The van der Waals surface area contributed by atoms with Gasteiger partial charge >= 0.3 is 0 Å². The van der Waals surface area contributed by atoms with Crippen molar-refractivity contribution in [2.75, 3.05) is 5.32 Å². The van der Waals surface area contributed by atoms with Crippen molar-refractivity contribution in [1.82, 2.24) is 19.5 Å². The summed E-state index contributed by atoms with van der Waals surface area (Å²) in [5.41, 5.74) is 2.24. The number of nitrogens with zero attached hydrogens (tertiary/aromatic N) is 4. The SMILES string of the molecule is Cn1ccc2c(Nc3ccc(F)c(Cl)c3)nc(-c3cccnc3)nc21. The Kier molecular flexibility index (Phi) is 3.82. The van der Waals surface area contributed by atoms with Gasteiger partial charge in [-0.3, -0.25) is 4.98 Å². The van der Waals surface area contributed by atoms with Crippen LogP contribution in [0, 0.1) is 5.82 Å². The summed E-state index contributed by atoms with van der Waals surface area (Å²) < 4.78 is 15.3. The number of hydrogen-bond acceptors (Lipinski definition) is 4. The normalized spacial score (nSPS) is 11.0. The molecule has 0 aliphatic rings. The third-order valence-corrected chi connectivity index (χ3v) is 4.12. The second-order valence-electron chi connectivity index (χ2n) is 5.56. The maximum atomic E-state index is 13.4. The number of aromatic nitrogens is 4. The van der Waals surface area contributed by atoms with E-state index in [1.807, 2.05) is 36.0 Å². The number of hydrogen-bond donors (Lipinski definition) is 1. The van der Waals surface area contributed by atoms with E-state index < -0.39 is 5.82 Å². The van der Waals surface area contributed by atoms with Crippen molar-refractivity contribution in [1.29, 1.82) is 0 Å². The van der Waals surface area contributed by atoms with Crippen LogP contribution in [0.4, 0.5) is 15.9 Å². The molecule has 0 fully saturated rings. The maximum Gasteiger partial charge on any atom is 0.165 e. The molecule has 1 aromatic carbocycles. The highest BCUT2D eigenvalue weighted by molar-refractivity contribution is 6.31. The Labute approximate surface area is 148 Å². The number of anilines is 2. The van der Waals surface area contributed by atoms with E-state index in [1.54, 1.807) is 18.5 Å². The molecule has 124 valence electrons. The highest BCUT2D eigenvalue weighted by Gasteiger charge is 2.13. The number of fused-ring (bicyclic) bond motifs is 1. The van der Waals surface area contributed by atoms with E-state index >= 15 is 0 Å². The summed E-state index contributed by atoms with van der Waals surface area (Å²) in [6, 6.07) is 10.1. The summed E-state index contributed by atoms with van der Waals surface area (Å²) in [4.78, 5) is 13.4. The predicted octanol–water partition coefficient (Wildman–Crippen LogP) is 4.57. The number of nitrogens with one attached hydrogen (secondary N) is 1. The molecule has 0 radical (unpaired) electrons. The van der Waals surface area contributed by atoms with E-state index in [-0.39, 0.29) is 5.02 Å². The van der Waals surface area contributed by atoms with Gasteiger partial charge in [-0.05, 0) is 36.4 Å². The Morgan fingerprint density at radius 3 is 2.80 bits per heavy atom. The molecule has 0 saturated carbocycles. The van der Waals surface area contributed by atoms with Gasteiger partial charge in [0.15, 0.2) is 5.82 Å². The second kappa shape index (κ2) is 6.14. The number of benzene rings is 1. The Balaban J connectivity index is 1.85. The second-order valence-corrected chi connectivity index (χ2v) is 5.96. The van der Waals surface area contributed by atoms with E-state index in [4.69, 9.17) is 11.6 Å². The van der Waals surface area contributed by atoms with Crippen LogP contribution < -0.4 is 5.32 Å². The summed E-state index contributed by atoms with van der Waals surface area (Å²) in [7, 11) is 1.92.